The van der Waals surface area contributed by atoms with Crippen LogP contribution in [0.3, 0.4) is 0 Å². The average molecular weight is 349 g/mol. The van der Waals surface area contributed by atoms with Crippen LogP contribution >= 0.6 is 11.8 Å². The minimum absolute atomic E-state index is 0.0371. The van der Waals surface area contributed by atoms with Crippen LogP contribution in [0.5, 0.6) is 0 Å². The largest absolute Gasteiger partial charge is 0.310 e. The summed E-state index contributed by atoms with van der Waals surface area (Å²) in [5.41, 5.74) is -0.396. The number of hydrogen-bond acceptors (Lipinski definition) is 4. The molecule has 0 aliphatic carbocycles. The smallest absolute Gasteiger partial charge is 0.257 e. The summed E-state index contributed by atoms with van der Waals surface area (Å²) in [7, 11) is 0. The summed E-state index contributed by atoms with van der Waals surface area (Å²) in [5, 5.41) is 2.84. The summed E-state index contributed by atoms with van der Waals surface area (Å²) >= 11 is 1.24. The first kappa shape index (κ1) is 16.4. The summed E-state index contributed by atoms with van der Waals surface area (Å²) in [5.74, 6) is -2.78. The van der Waals surface area contributed by atoms with Crippen LogP contribution in [-0.2, 0) is 4.79 Å². The Bertz CT molecular complexity index is 882. The van der Waals surface area contributed by atoms with Gasteiger partial charge in [-0.1, -0.05) is 30.0 Å². The normalized spacial score (nSPS) is 16.4. The number of halogens is 2. The Kier molecular flexibility index (Phi) is 4.48. The van der Waals surface area contributed by atoms with Crippen molar-refractivity contribution < 1.29 is 13.6 Å². The molecule has 0 radical (unpaired) electrons. The highest BCUT2D eigenvalue weighted by molar-refractivity contribution is 7.99. The number of benzene rings is 1. The number of H-pyrrole nitrogens is 1. The van der Waals surface area contributed by atoms with E-state index in [0.29, 0.717) is 10.9 Å². The maximum absolute atomic E-state index is 14.1. The monoisotopic (exact) mass is 349 g/mol. The number of nitrogens with zero attached hydrogens (tertiary/aromatic N) is 1. The third kappa shape index (κ3) is 2.96. The van der Waals surface area contributed by atoms with Crippen LogP contribution in [0.2, 0.25) is 0 Å². The fourth-order valence-corrected chi connectivity index (χ4v) is 3.21. The molecule has 2 heterocycles. The van der Waals surface area contributed by atoms with E-state index in [0.717, 1.165) is 6.07 Å². The maximum Gasteiger partial charge on any atom is 0.257 e. The lowest BCUT2D eigenvalue weighted by Gasteiger charge is -2.24. The van der Waals surface area contributed by atoms with Gasteiger partial charge in [-0.15, -0.1) is 6.58 Å². The first-order valence-electron chi connectivity index (χ1n) is 7.13. The third-order valence-electron chi connectivity index (χ3n) is 3.62. The Morgan fingerprint density at radius 3 is 2.92 bits per heavy atom. The van der Waals surface area contributed by atoms with E-state index in [4.69, 9.17) is 0 Å². The van der Waals surface area contributed by atoms with Crippen LogP contribution in [0.1, 0.15) is 23.5 Å². The van der Waals surface area contributed by atoms with Crippen molar-refractivity contribution in [2.24, 2.45) is 0 Å². The molecule has 3 rings (SSSR count). The number of aromatic nitrogens is 2. The van der Waals surface area contributed by atoms with Gasteiger partial charge >= 0.3 is 0 Å². The van der Waals surface area contributed by atoms with Gasteiger partial charge in [-0.05, 0) is 11.6 Å². The fourth-order valence-electron chi connectivity index (χ4n) is 2.61. The Morgan fingerprint density at radius 1 is 1.38 bits per heavy atom. The predicted molar refractivity (Wildman–Crippen MR) is 87.2 cm³/mol. The number of fused-ring (bicyclic) bond motifs is 1. The van der Waals surface area contributed by atoms with E-state index >= 15 is 0 Å². The molecule has 2 aromatic rings. The Hall–Kier alpha value is -2.48. The van der Waals surface area contributed by atoms with E-state index in [1.54, 1.807) is 6.08 Å². The molecule has 2 N–H and O–H groups in total. The number of aromatic amines is 1. The summed E-state index contributed by atoms with van der Waals surface area (Å²) in [6.45, 7) is 3.58. The minimum atomic E-state index is -1.06. The van der Waals surface area contributed by atoms with Crippen LogP contribution < -0.4 is 10.9 Å². The van der Waals surface area contributed by atoms with Crippen LogP contribution in [0.15, 0.2) is 40.8 Å². The lowest BCUT2D eigenvalue weighted by atomic mass is 9.86. The number of rotatable bonds is 4. The molecular weight excluding hydrogens is 336 g/mol. The van der Waals surface area contributed by atoms with Crippen molar-refractivity contribution in [1.29, 1.82) is 0 Å². The van der Waals surface area contributed by atoms with Crippen molar-refractivity contribution in [3.8, 4) is 0 Å². The number of carbonyl (C=O) groups excluding carboxylic acids is 1. The van der Waals surface area contributed by atoms with Crippen molar-refractivity contribution in [2.45, 2.75) is 17.5 Å². The summed E-state index contributed by atoms with van der Waals surface area (Å²) < 4.78 is 27.7. The lowest BCUT2D eigenvalue weighted by molar-refractivity contribution is -0.116. The van der Waals surface area contributed by atoms with E-state index in [1.807, 2.05) is 0 Å². The van der Waals surface area contributed by atoms with Crippen molar-refractivity contribution in [3.05, 3.63) is 64.0 Å². The van der Waals surface area contributed by atoms with Gasteiger partial charge in [0, 0.05) is 18.1 Å². The maximum atomic E-state index is 14.1. The zero-order valence-electron chi connectivity index (χ0n) is 12.4. The van der Waals surface area contributed by atoms with Gasteiger partial charge < -0.3 is 10.3 Å². The minimum Gasteiger partial charge on any atom is -0.310 e. The van der Waals surface area contributed by atoms with Crippen molar-refractivity contribution >= 4 is 23.5 Å². The van der Waals surface area contributed by atoms with Gasteiger partial charge in [0.1, 0.15) is 5.82 Å². The molecule has 0 saturated carbocycles. The SMILES string of the molecule is C=CCSc1nc2c(c(=O)[nH]1)[C@@H](c1cccc(F)c1F)CC(=O)N2. The quantitative estimate of drug-likeness (QED) is 0.506. The number of thioether (sulfide) groups is 1. The van der Waals surface area contributed by atoms with Crippen LogP contribution in [-0.4, -0.2) is 21.6 Å². The van der Waals surface area contributed by atoms with Gasteiger partial charge in [0.15, 0.2) is 16.8 Å². The molecule has 1 aromatic carbocycles. The highest BCUT2D eigenvalue weighted by Crippen LogP contribution is 2.36. The van der Waals surface area contributed by atoms with Crippen LogP contribution in [0, 0.1) is 11.6 Å². The molecule has 8 heteroatoms. The molecule has 5 nitrogen and oxygen atoms in total. The number of hydrogen-bond donors (Lipinski definition) is 2. The topological polar surface area (TPSA) is 74.8 Å². The van der Waals surface area contributed by atoms with Gasteiger partial charge in [-0.25, -0.2) is 13.8 Å². The Morgan fingerprint density at radius 2 is 2.17 bits per heavy atom. The number of nitrogens with one attached hydrogen (secondary N) is 2. The van der Waals surface area contributed by atoms with Gasteiger partial charge in [0.05, 0.1) is 5.56 Å². The summed E-state index contributed by atoms with van der Waals surface area (Å²) in [4.78, 5) is 31.2. The molecule has 1 aromatic heterocycles. The third-order valence-corrected chi connectivity index (χ3v) is 4.49. The van der Waals surface area contributed by atoms with E-state index in [-0.39, 0.29) is 23.4 Å². The van der Waals surface area contributed by atoms with Gasteiger partial charge in [-0.2, -0.15) is 0 Å². The highest BCUT2D eigenvalue weighted by Gasteiger charge is 2.33. The lowest BCUT2D eigenvalue weighted by Crippen LogP contribution is -2.31. The second kappa shape index (κ2) is 6.56. The average Bonchev–Trinajstić information content (AvgIpc) is 2.54. The Balaban J connectivity index is 2.13. The first-order chi connectivity index (χ1) is 11.5. The first-order valence-corrected chi connectivity index (χ1v) is 8.11. The molecule has 0 unspecified atom stereocenters. The second-order valence-electron chi connectivity index (χ2n) is 5.18. The molecule has 0 fully saturated rings. The number of amides is 1. The molecular formula is C16H13F2N3O2S. The molecule has 24 heavy (non-hydrogen) atoms. The van der Waals surface area contributed by atoms with Gasteiger partial charge in [0.25, 0.3) is 5.56 Å². The number of anilines is 1. The van der Waals surface area contributed by atoms with Crippen LogP contribution in [0.4, 0.5) is 14.6 Å². The molecule has 124 valence electrons. The second-order valence-corrected chi connectivity index (χ2v) is 6.19. The molecule has 0 saturated heterocycles. The van der Waals surface area contributed by atoms with E-state index < -0.39 is 29.0 Å². The number of carbonyl (C=O) groups is 1. The van der Waals surface area contributed by atoms with E-state index in [1.165, 1.54) is 23.9 Å². The zero-order chi connectivity index (χ0) is 17.3. The van der Waals surface area contributed by atoms with Gasteiger partial charge in [-0.3, -0.25) is 9.59 Å². The highest BCUT2D eigenvalue weighted by atomic mass is 32.2. The van der Waals surface area contributed by atoms with Gasteiger partial charge in [0.2, 0.25) is 5.91 Å². The predicted octanol–water partition coefficient (Wildman–Crippen LogP) is 2.80. The summed E-state index contributed by atoms with van der Waals surface area (Å²) in [6, 6.07) is 3.70. The van der Waals surface area contributed by atoms with Crippen molar-refractivity contribution in [1.82, 2.24) is 9.97 Å². The molecule has 1 atom stereocenters. The van der Waals surface area contributed by atoms with Crippen molar-refractivity contribution in [2.75, 3.05) is 11.1 Å². The van der Waals surface area contributed by atoms with Crippen molar-refractivity contribution in [3.63, 3.8) is 0 Å². The summed E-state index contributed by atoms with van der Waals surface area (Å²) in [6.07, 6.45) is 1.49. The van der Waals surface area contributed by atoms with E-state index in [9.17, 15) is 18.4 Å². The molecule has 0 bridgehead atoms. The van der Waals surface area contributed by atoms with E-state index in [2.05, 4.69) is 21.9 Å². The molecule has 1 aliphatic heterocycles. The fraction of sp³-hybridized carbons (Fsp3) is 0.188. The standard InChI is InChI=1S/C16H13F2N3O2S/c1-2-6-24-16-20-14-12(15(23)21-16)9(7-11(22)19-14)8-4-3-5-10(17)13(8)18/h2-5,9H,1,6-7H2,(H2,19,20,21,22,23)/t9-/m1/s1. The molecule has 0 spiro atoms. The molecule has 1 aliphatic rings. The zero-order valence-corrected chi connectivity index (χ0v) is 13.3. The molecule has 1 amide bonds. The Labute approximate surface area is 140 Å². The van der Waals surface area contributed by atoms with Crippen LogP contribution in [0.25, 0.3) is 0 Å².